The van der Waals surface area contributed by atoms with Gasteiger partial charge in [-0.1, -0.05) is 91.0 Å². The van der Waals surface area contributed by atoms with Crippen molar-refractivity contribution in [2.24, 2.45) is 11.8 Å². The quantitative estimate of drug-likeness (QED) is 0.457. The van der Waals surface area contributed by atoms with E-state index in [1.165, 1.54) is 12.0 Å². The van der Waals surface area contributed by atoms with Crippen LogP contribution in [0.1, 0.15) is 22.7 Å². The average molecular weight is 455 g/mol. The average Bonchev–Trinajstić information content (AvgIpc) is 3.35. The molecule has 4 atom stereocenters. The summed E-state index contributed by atoms with van der Waals surface area (Å²) in [4.78, 5) is 42.3. The first kappa shape index (κ1) is 22.0. The van der Waals surface area contributed by atoms with Crippen molar-refractivity contribution in [2.45, 2.75) is 24.5 Å². The van der Waals surface area contributed by atoms with Crippen LogP contribution in [0.5, 0.6) is 0 Å². The summed E-state index contributed by atoms with van der Waals surface area (Å²) >= 11 is 0. The normalized spacial score (nSPS) is 25.9. The van der Waals surface area contributed by atoms with Gasteiger partial charge in [-0.15, -0.1) is 0 Å². The van der Waals surface area contributed by atoms with Gasteiger partial charge in [0, 0.05) is 12.5 Å². The Balaban J connectivity index is 1.61. The lowest BCUT2D eigenvalue weighted by Crippen LogP contribution is -2.57. The van der Waals surface area contributed by atoms with Crippen LogP contribution in [0, 0.1) is 11.8 Å². The molecule has 6 heteroatoms. The molecule has 2 fully saturated rings. The number of nitrogens with one attached hydrogen (secondary N) is 1. The summed E-state index contributed by atoms with van der Waals surface area (Å²) < 4.78 is 5.26. The van der Waals surface area contributed by atoms with Crippen LogP contribution < -0.4 is 5.32 Å². The summed E-state index contributed by atoms with van der Waals surface area (Å²) in [5, 5.41) is 3.42. The Kier molecular flexibility index (Phi) is 5.75. The van der Waals surface area contributed by atoms with Crippen LogP contribution in [-0.2, 0) is 32.1 Å². The van der Waals surface area contributed by atoms with Crippen LogP contribution in [0.3, 0.4) is 0 Å². The fourth-order valence-corrected chi connectivity index (χ4v) is 5.45. The second kappa shape index (κ2) is 8.88. The molecule has 0 aromatic heterocycles. The van der Waals surface area contributed by atoms with Gasteiger partial charge in [-0.05, 0) is 16.7 Å². The number of hydrogen-bond donors (Lipinski definition) is 1. The number of rotatable bonds is 6. The molecule has 0 saturated carbocycles. The lowest BCUT2D eigenvalue weighted by Gasteiger charge is -2.32. The summed E-state index contributed by atoms with van der Waals surface area (Å²) in [5.41, 5.74) is 1.24. The lowest BCUT2D eigenvalue weighted by atomic mass is 9.76. The van der Waals surface area contributed by atoms with Crippen molar-refractivity contribution in [3.8, 4) is 0 Å². The Labute approximate surface area is 198 Å². The van der Waals surface area contributed by atoms with Crippen molar-refractivity contribution in [3.05, 3.63) is 108 Å². The van der Waals surface area contributed by atoms with Gasteiger partial charge in [0.2, 0.25) is 11.8 Å². The van der Waals surface area contributed by atoms with E-state index in [1.807, 2.05) is 91.0 Å². The third kappa shape index (κ3) is 3.60. The van der Waals surface area contributed by atoms with Gasteiger partial charge in [0.15, 0.2) is 0 Å². The Morgan fingerprint density at radius 3 is 2.00 bits per heavy atom. The van der Waals surface area contributed by atoms with Gasteiger partial charge in [-0.25, -0.2) is 0 Å². The molecule has 0 radical (unpaired) electrons. The standard InChI is InChI=1S/C28H26N2O4/c1-34-27(33)28(17-19-11-5-2-6-12-19)23-22(24(29-28)21-15-9-4-10-16-21)25(31)30(26(23)32)18-20-13-7-3-8-14-20/h2-16,22-24,29H,17-18H2,1H3/t22-,23+,24-,28-/m1/s1. The molecule has 34 heavy (non-hydrogen) atoms. The van der Waals surface area contributed by atoms with Crippen molar-refractivity contribution in [1.82, 2.24) is 10.2 Å². The highest BCUT2D eigenvalue weighted by atomic mass is 16.5. The maximum absolute atomic E-state index is 13.9. The van der Waals surface area contributed by atoms with Crippen LogP contribution >= 0.6 is 0 Å². The number of carbonyl (C=O) groups is 3. The Hall–Kier alpha value is -3.77. The number of amides is 2. The molecule has 0 aliphatic carbocycles. The zero-order valence-corrected chi connectivity index (χ0v) is 18.9. The number of methoxy groups -OCH3 is 1. The molecule has 2 amide bonds. The number of likely N-dealkylation sites (tertiary alicyclic amines) is 1. The number of hydrogen-bond acceptors (Lipinski definition) is 5. The molecule has 0 bridgehead atoms. The number of esters is 1. The maximum Gasteiger partial charge on any atom is 0.327 e. The largest absolute Gasteiger partial charge is 0.468 e. The molecule has 6 nitrogen and oxygen atoms in total. The van der Waals surface area contributed by atoms with Crippen molar-refractivity contribution < 1.29 is 19.1 Å². The minimum atomic E-state index is -1.36. The molecule has 172 valence electrons. The Bertz CT molecular complexity index is 1200. The van der Waals surface area contributed by atoms with Gasteiger partial charge in [0.25, 0.3) is 0 Å². The zero-order chi connectivity index (χ0) is 23.7. The molecule has 0 unspecified atom stereocenters. The lowest BCUT2D eigenvalue weighted by molar-refractivity contribution is -0.154. The van der Waals surface area contributed by atoms with Crippen LogP contribution in [0.2, 0.25) is 0 Å². The fourth-order valence-electron chi connectivity index (χ4n) is 5.45. The van der Waals surface area contributed by atoms with E-state index in [0.717, 1.165) is 16.7 Å². The zero-order valence-electron chi connectivity index (χ0n) is 18.9. The van der Waals surface area contributed by atoms with Crippen molar-refractivity contribution >= 4 is 17.8 Å². The number of nitrogens with zero attached hydrogens (tertiary/aromatic N) is 1. The predicted molar refractivity (Wildman–Crippen MR) is 126 cm³/mol. The predicted octanol–water partition coefficient (Wildman–Crippen LogP) is 3.29. The van der Waals surface area contributed by atoms with E-state index >= 15 is 0 Å². The SMILES string of the molecule is COC(=O)[C@]1(Cc2ccccc2)N[C@H](c2ccccc2)[C@@H]2C(=O)N(Cc3ccccc3)C(=O)[C@H]21. The van der Waals surface area contributed by atoms with Crippen molar-refractivity contribution in [1.29, 1.82) is 0 Å². The molecule has 3 aromatic carbocycles. The number of imide groups is 1. The summed E-state index contributed by atoms with van der Waals surface area (Å²) in [6.45, 7) is 0.176. The second-order valence-corrected chi connectivity index (χ2v) is 8.91. The third-order valence-electron chi connectivity index (χ3n) is 6.96. The van der Waals surface area contributed by atoms with Gasteiger partial charge in [-0.2, -0.15) is 0 Å². The van der Waals surface area contributed by atoms with Crippen LogP contribution in [0.4, 0.5) is 0 Å². The summed E-state index contributed by atoms with van der Waals surface area (Å²) in [5.74, 6) is -2.72. The summed E-state index contributed by atoms with van der Waals surface area (Å²) in [7, 11) is 1.32. The third-order valence-corrected chi connectivity index (χ3v) is 6.96. The van der Waals surface area contributed by atoms with Crippen LogP contribution in [-0.4, -0.2) is 35.3 Å². The highest BCUT2D eigenvalue weighted by molar-refractivity contribution is 6.09. The minimum absolute atomic E-state index is 0.176. The smallest absolute Gasteiger partial charge is 0.327 e. The molecule has 2 aliphatic rings. The molecular weight excluding hydrogens is 428 g/mol. The van der Waals surface area contributed by atoms with E-state index in [0.29, 0.717) is 0 Å². The summed E-state index contributed by atoms with van der Waals surface area (Å²) in [6.07, 6.45) is 0.239. The van der Waals surface area contributed by atoms with E-state index in [4.69, 9.17) is 4.74 Å². The molecule has 3 aromatic rings. The first-order valence-corrected chi connectivity index (χ1v) is 11.4. The number of benzene rings is 3. The van der Waals surface area contributed by atoms with Crippen LogP contribution in [0.15, 0.2) is 91.0 Å². The van der Waals surface area contributed by atoms with E-state index < -0.39 is 29.4 Å². The Morgan fingerprint density at radius 1 is 0.853 bits per heavy atom. The number of carbonyl (C=O) groups excluding carboxylic acids is 3. The van der Waals surface area contributed by atoms with Gasteiger partial charge < -0.3 is 4.74 Å². The molecule has 2 heterocycles. The van der Waals surface area contributed by atoms with Gasteiger partial charge in [0.05, 0.1) is 25.5 Å². The minimum Gasteiger partial charge on any atom is -0.468 e. The Morgan fingerprint density at radius 2 is 1.41 bits per heavy atom. The molecule has 5 rings (SSSR count). The van der Waals surface area contributed by atoms with Gasteiger partial charge in [-0.3, -0.25) is 24.6 Å². The maximum atomic E-state index is 13.9. The number of ether oxygens (including phenoxy) is 1. The molecule has 2 saturated heterocycles. The first-order valence-electron chi connectivity index (χ1n) is 11.4. The topological polar surface area (TPSA) is 75.7 Å². The molecule has 1 N–H and O–H groups in total. The number of fused-ring (bicyclic) bond motifs is 1. The van der Waals surface area contributed by atoms with E-state index in [-0.39, 0.29) is 24.8 Å². The van der Waals surface area contributed by atoms with E-state index in [2.05, 4.69) is 5.32 Å². The molecule has 0 spiro atoms. The monoisotopic (exact) mass is 454 g/mol. The van der Waals surface area contributed by atoms with Crippen molar-refractivity contribution in [3.63, 3.8) is 0 Å². The van der Waals surface area contributed by atoms with Crippen LogP contribution in [0.25, 0.3) is 0 Å². The van der Waals surface area contributed by atoms with Crippen molar-refractivity contribution in [2.75, 3.05) is 7.11 Å². The molecular formula is C28H26N2O4. The van der Waals surface area contributed by atoms with Gasteiger partial charge in [0.1, 0.15) is 5.54 Å². The van der Waals surface area contributed by atoms with Gasteiger partial charge >= 0.3 is 5.97 Å². The summed E-state index contributed by atoms with van der Waals surface area (Å²) in [6, 6.07) is 28.0. The first-order chi connectivity index (χ1) is 16.5. The van der Waals surface area contributed by atoms with E-state index in [1.54, 1.807) is 0 Å². The van der Waals surface area contributed by atoms with E-state index in [9.17, 15) is 14.4 Å². The fraction of sp³-hybridized carbons (Fsp3) is 0.250. The second-order valence-electron chi connectivity index (χ2n) is 8.91. The highest BCUT2D eigenvalue weighted by Crippen LogP contribution is 2.50. The molecule has 2 aliphatic heterocycles. The highest BCUT2D eigenvalue weighted by Gasteiger charge is 2.68.